The zero-order valence-electron chi connectivity index (χ0n) is 16.8. The highest BCUT2D eigenvalue weighted by atomic mass is 32.1. The van der Waals surface area contributed by atoms with Crippen LogP contribution in [-0.2, 0) is 0 Å². The van der Waals surface area contributed by atoms with Gasteiger partial charge in [-0.1, -0.05) is 36.4 Å². The summed E-state index contributed by atoms with van der Waals surface area (Å²) < 4.78 is 0. The van der Waals surface area contributed by atoms with E-state index >= 15 is 0 Å². The van der Waals surface area contributed by atoms with E-state index in [-0.39, 0.29) is 12.5 Å². The van der Waals surface area contributed by atoms with E-state index in [1.807, 2.05) is 29.5 Å². The number of nitrogens with zero attached hydrogens (tertiary/aromatic N) is 2. The molecule has 0 bridgehead atoms. The van der Waals surface area contributed by atoms with Crippen LogP contribution in [0.5, 0.6) is 0 Å². The molecule has 0 aliphatic carbocycles. The minimum Gasteiger partial charge on any atom is -0.396 e. The molecule has 1 aromatic carbocycles. The van der Waals surface area contributed by atoms with Crippen molar-refractivity contribution in [3.63, 3.8) is 0 Å². The molecule has 1 aliphatic heterocycles. The van der Waals surface area contributed by atoms with Crippen molar-refractivity contribution < 1.29 is 5.11 Å². The lowest BCUT2D eigenvalue weighted by molar-refractivity contribution is 0.125. The molecule has 3 N–H and O–H groups in total. The fourth-order valence-electron chi connectivity index (χ4n) is 4.06. The number of likely N-dealkylation sites (tertiary alicyclic amines) is 1. The third-order valence-electron chi connectivity index (χ3n) is 5.60. The van der Waals surface area contributed by atoms with Crippen LogP contribution in [0.2, 0.25) is 0 Å². The molecule has 1 saturated heterocycles. The Labute approximate surface area is 172 Å². The summed E-state index contributed by atoms with van der Waals surface area (Å²) >= 11 is 1.85. The van der Waals surface area contributed by atoms with Gasteiger partial charge in [-0.2, -0.15) is 0 Å². The third kappa shape index (κ3) is 5.34. The molecular weight excluding hydrogens is 368 g/mol. The summed E-state index contributed by atoms with van der Waals surface area (Å²) in [6.45, 7) is 2.81. The smallest absolute Gasteiger partial charge is 0.191 e. The molecule has 1 aliphatic rings. The highest BCUT2D eigenvalue weighted by Crippen LogP contribution is 2.36. The van der Waals surface area contributed by atoms with Crippen molar-refractivity contribution in [2.24, 2.45) is 10.9 Å². The van der Waals surface area contributed by atoms with E-state index in [9.17, 15) is 5.11 Å². The lowest BCUT2D eigenvalue weighted by Crippen LogP contribution is -2.45. The first kappa shape index (κ1) is 20.8. The highest BCUT2D eigenvalue weighted by Gasteiger charge is 2.31. The molecule has 3 atom stereocenters. The van der Waals surface area contributed by atoms with Gasteiger partial charge in [0.15, 0.2) is 5.96 Å². The number of hydrogen-bond donors (Lipinski definition) is 3. The molecule has 0 spiro atoms. The molecule has 0 amide bonds. The standard InChI is InChI=1S/C22H32N4OS/c1-23-22(25-15-19(16-27)17-8-4-3-5-9-17)24-14-18-10-6-12-26(2)21(18)20-11-7-13-28-20/h3-5,7-9,11,13,18-19,21,27H,6,10,12,14-16H2,1-2H3,(H2,23,24,25). The van der Waals surface area contributed by atoms with Crippen molar-refractivity contribution in [1.82, 2.24) is 15.5 Å². The number of aliphatic imine (C=N–C) groups is 1. The molecular formula is C22H32N4OS. The van der Waals surface area contributed by atoms with E-state index in [0.717, 1.165) is 24.6 Å². The minimum atomic E-state index is 0.0550. The molecule has 1 aromatic heterocycles. The maximum absolute atomic E-state index is 9.76. The van der Waals surface area contributed by atoms with E-state index in [4.69, 9.17) is 0 Å². The summed E-state index contributed by atoms with van der Waals surface area (Å²) in [6.07, 6.45) is 2.46. The first-order chi connectivity index (χ1) is 13.7. The first-order valence-corrected chi connectivity index (χ1v) is 10.9. The second kappa shape index (κ2) is 10.6. The van der Waals surface area contributed by atoms with Gasteiger partial charge in [0.1, 0.15) is 0 Å². The predicted octanol–water partition coefficient (Wildman–Crippen LogP) is 3.07. The van der Waals surface area contributed by atoms with Gasteiger partial charge < -0.3 is 15.7 Å². The topological polar surface area (TPSA) is 59.9 Å². The normalized spacial score (nSPS) is 22.0. The molecule has 6 heteroatoms. The average Bonchev–Trinajstić information content (AvgIpc) is 3.25. The summed E-state index contributed by atoms with van der Waals surface area (Å²) in [5, 5.41) is 18.8. The summed E-state index contributed by atoms with van der Waals surface area (Å²) in [5.41, 5.74) is 1.14. The van der Waals surface area contributed by atoms with Crippen LogP contribution in [0.25, 0.3) is 0 Å². The van der Waals surface area contributed by atoms with Gasteiger partial charge in [0.25, 0.3) is 0 Å². The molecule has 0 radical (unpaired) electrons. The molecule has 2 heterocycles. The Bertz CT molecular complexity index is 719. The van der Waals surface area contributed by atoms with Crippen LogP contribution >= 0.6 is 11.3 Å². The van der Waals surface area contributed by atoms with Crippen molar-refractivity contribution in [1.29, 1.82) is 0 Å². The van der Waals surface area contributed by atoms with Crippen LogP contribution in [0.15, 0.2) is 52.8 Å². The molecule has 0 saturated carbocycles. The maximum atomic E-state index is 9.76. The monoisotopic (exact) mass is 400 g/mol. The van der Waals surface area contributed by atoms with E-state index in [1.54, 1.807) is 7.05 Å². The minimum absolute atomic E-state index is 0.0550. The first-order valence-electron chi connectivity index (χ1n) is 10.1. The number of aliphatic hydroxyl groups is 1. The third-order valence-corrected chi connectivity index (χ3v) is 6.55. The number of benzene rings is 1. The number of rotatable bonds is 7. The van der Waals surface area contributed by atoms with Crippen LogP contribution in [0.4, 0.5) is 0 Å². The van der Waals surface area contributed by atoms with Gasteiger partial charge in [0.05, 0.1) is 6.61 Å². The number of nitrogens with one attached hydrogen (secondary N) is 2. The summed E-state index contributed by atoms with van der Waals surface area (Å²) in [7, 11) is 4.03. The summed E-state index contributed by atoms with van der Waals surface area (Å²) in [5.74, 6) is 1.41. The Hall–Kier alpha value is -1.89. The number of thiophene rings is 1. The average molecular weight is 401 g/mol. The van der Waals surface area contributed by atoms with Crippen LogP contribution in [0.1, 0.15) is 35.2 Å². The lowest BCUT2D eigenvalue weighted by Gasteiger charge is -2.39. The van der Waals surface area contributed by atoms with Crippen molar-refractivity contribution in [3.05, 3.63) is 58.3 Å². The lowest BCUT2D eigenvalue weighted by atomic mass is 9.88. The molecule has 1 fully saturated rings. The Kier molecular flexibility index (Phi) is 7.89. The molecule has 3 rings (SSSR count). The number of hydrogen-bond acceptors (Lipinski definition) is 4. The van der Waals surface area contributed by atoms with E-state index in [2.05, 4.69) is 57.2 Å². The largest absolute Gasteiger partial charge is 0.396 e. The fourth-order valence-corrected chi connectivity index (χ4v) is 5.05. The van der Waals surface area contributed by atoms with E-state index in [0.29, 0.717) is 18.5 Å². The SMILES string of the molecule is CN=C(NCC(CO)c1ccccc1)NCC1CCCN(C)C1c1cccs1. The van der Waals surface area contributed by atoms with Gasteiger partial charge in [-0.05, 0) is 49.4 Å². The summed E-state index contributed by atoms with van der Waals surface area (Å²) in [6, 6.07) is 15.0. The number of aliphatic hydroxyl groups excluding tert-OH is 1. The van der Waals surface area contributed by atoms with Gasteiger partial charge in [-0.25, -0.2) is 0 Å². The van der Waals surface area contributed by atoms with Crippen LogP contribution in [-0.4, -0.2) is 56.3 Å². The van der Waals surface area contributed by atoms with Crippen molar-refractivity contribution in [2.45, 2.75) is 24.8 Å². The fraction of sp³-hybridized carbons (Fsp3) is 0.500. The van der Waals surface area contributed by atoms with Gasteiger partial charge in [0, 0.05) is 37.0 Å². The molecule has 5 nitrogen and oxygen atoms in total. The van der Waals surface area contributed by atoms with E-state index in [1.165, 1.54) is 17.7 Å². The molecule has 2 aromatic rings. The van der Waals surface area contributed by atoms with Crippen LogP contribution in [0, 0.1) is 5.92 Å². The van der Waals surface area contributed by atoms with Crippen LogP contribution < -0.4 is 10.6 Å². The Morgan fingerprint density at radius 2 is 2.07 bits per heavy atom. The highest BCUT2D eigenvalue weighted by molar-refractivity contribution is 7.10. The number of guanidine groups is 1. The Balaban J connectivity index is 1.55. The number of piperidine rings is 1. The van der Waals surface area contributed by atoms with Gasteiger partial charge in [-0.3, -0.25) is 9.89 Å². The molecule has 3 unspecified atom stereocenters. The zero-order chi connectivity index (χ0) is 19.8. The van der Waals surface area contributed by atoms with Crippen molar-refractivity contribution in [2.75, 3.05) is 40.3 Å². The van der Waals surface area contributed by atoms with Crippen molar-refractivity contribution in [3.8, 4) is 0 Å². The molecule has 28 heavy (non-hydrogen) atoms. The van der Waals surface area contributed by atoms with Gasteiger partial charge in [0.2, 0.25) is 0 Å². The second-order valence-corrected chi connectivity index (χ2v) is 8.45. The van der Waals surface area contributed by atoms with Crippen LogP contribution in [0.3, 0.4) is 0 Å². The zero-order valence-corrected chi connectivity index (χ0v) is 17.7. The van der Waals surface area contributed by atoms with E-state index < -0.39 is 0 Å². The Morgan fingerprint density at radius 3 is 2.75 bits per heavy atom. The second-order valence-electron chi connectivity index (χ2n) is 7.47. The quantitative estimate of drug-likeness (QED) is 0.494. The summed E-state index contributed by atoms with van der Waals surface area (Å²) in [4.78, 5) is 8.31. The molecule has 152 valence electrons. The van der Waals surface area contributed by atoms with Crippen molar-refractivity contribution >= 4 is 17.3 Å². The van der Waals surface area contributed by atoms with Gasteiger partial charge >= 0.3 is 0 Å². The van der Waals surface area contributed by atoms with Gasteiger partial charge in [-0.15, -0.1) is 11.3 Å². The Morgan fingerprint density at radius 1 is 1.25 bits per heavy atom. The predicted molar refractivity (Wildman–Crippen MR) is 118 cm³/mol. The maximum Gasteiger partial charge on any atom is 0.191 e.